The van der Waals surface area contributed by atoms with Gasteiger partial charge in [0.1, 0.15) is 11.3 Å². The second kappa shape index (κ2) is 9.96. The molecule has 2 amide bonds. The molecule has 0 atom stereocenters. The molecule has 168 valence electrons. The Kier molecular flexibility index (Phi) is 7.08. The molecule has 0 aliphatic heterocycles. The average molecular weight is 465 g/mol. The van der Waals surface area contributed by atoms with E-state index in [1.54, 1.807) is 24.3 Å². The SMILES string of the molecule is N#CCCN(CCC#N)S(=O)(=O)c1ccc(C(=O)Nc2c(C(N)=O)oc3ccccc23)cc1. The van der Waals surface area contributed by atoms with Crippen molar-refractivity contribution >= 4 is 38.5 Å². The fourth-order valence-corrected chi connectivity index (χ4v) is 4.60. The minimum atomic E-state index is -3.96. The fourth-order valence-electron chi connectivity index (χ4n) is 3.16. The normalized spacial score (nSPS) is 11.1. The molecule has 3 rings (SSSR count). The maximum atomic E-state index is 12.9. The summed E-state index contributed by atoms with van der Waals surface area (Å²) >= 11 is 0. The quantitative estimate of drug-likeness (QED) is 0.489. The molecule has 1 heterocycles. The molecule has 0 aliphatic rings. The average Bonchev–Trinajstić information content (AvgIpc) is 3.18. The van der Waals surface area contributed by atoms with Crippen LogP contribution in [-0.2, 0) is 10.0 Å². The largest absolute Gasteiger partial charge is 0.449 e. The van der Waals surface area contributed by atoms with Crippen molar-refractivity contribution in [2.45, 2.75) is 17.7 Å². The molecule has 1 aromatic heterocycles. The summed E-state index contributed by atoms with van der Waals surface area (Å²) in [5.41, 5.74) is 5.99. The van der Waals surface area contributed by atoms with Crippen LogP contribution in [0.25, 0.3) is 11.0 Å². The van der Waals surface area contributed by atoms with Crippen LogP contribution in [0.15, 0.2) is 57.8 Å². The zero-order valence-corrected chi connectivity index (χ0v) is 18.1. The fraction of sp³-hybridized carbons (Fsp3) is 0.182. The number of carbonyl (C=O) groups is 2. The third-order valence-electron chi connectivity index (χ3n) is 4.76. The van der Waals surface area contributed by atoms with Gasteiger partial charge in [-0.05, 0) is 36.4 Å². The molecular weight excluding hydrogens is 446 g/mol. The van der Waals surface area contributed by atoms with Crippen molar-refractivity contribution in [2.24, 2.45) is 5.73 Å². The van der Waals surface area contributed by atoms with E-state index in [4.69, 9.17) is 20.7 Å². The first-order valence-electron chi connectivity index (χ1n) is 9.76. The molecule has 2 aromatic carbocycles. The van der Waals surface area contributed by atoms with Gasteiger partial charge in [-0.3, -0.25) is 9.59 Å². The number of fused-ring (bicyclic) bond motifs is 1. The number of carbonyl (C=O) groups excluding carboxylic acids is 2. The summed E-state index contributed by atoms with van der Waals surface area (Å²) in [5, 5.41) is 20.7. The molecule has 3 N–H and O–H groups in total. The summed E-state index contributed by atoms with van der Waals surface area (Å²) in [4.78, 5) is 24.4. The molecule has 0 radical (unpaired) electrons. The maximum Gasteiger partial charge on any atom is 0.286 e. The van der Waals surface area contributed by atoms with Gasteiger partial charge in [0, 0.05) is 36.9 Å². The van der Waals surface area contributed by atoms with E-state index in [1.165, 1.54) is 24.3 Å². The second-order valence-corrected chi connectivity index (χ2v) is 8.80. The van der Waals surface area contributed by atoms with Crippen LogP contribution in [0.3, 0.4) is 0 Å². The van der Waals surface area contributed by atoms with Crippen molar-refractivity contribution in [1.82, 2.24) is 4.31 Å². The summed E-state index contributed by atoms with van der Waals surface area (Å²) in [5.74, 6) is -1.65. The van der Waals surface area contributed by atoms with E-state index >= 15 is 0 Å². The molecule has 0 bridgehead atoms. The van der Waals surface area contributed by atoms with E-state index in [0.717, 1.165) is 4.31 Å². The first kappa shape index (κ1) is 23.5. The van der Waals surface area contributed by atoms with E-state index < -0.39 is 21.8 Å². The van der Waals surface area contributed by atoms with Crippen LogP contribution in [0.1, 0.15) is 33.8 Å². The van der Waals surface area contributed by atoms with Crippen molar-refractivity contribution < 1.29 is 22.4 Å². The summed E-state index contributed by atoms with van der Waals surface area (Å²) in [7, 11) is -3.96. The van der Waals surface area contributed by atoms with E-state index in [1.807, 2.05) is 12.1 Å². The predicted molar refractivity (Wildman–Crippen MR) is 118 cm³/mol. The van der Waals surface area contributed by atoms with Crippen molar-refractivity contribution in [3.63, 3.8) is 0 Å². The molecule has 0 saturated heterocycles. The van der Waals surface area contributed by atoms with Crippen molar-refractivity contribution in [3.05, 3.63) is 59.9 Å². The summed E-state index contributed by atoms with van der Waals surface area (Å²) in [6.07, 6.45) is -0.0436. The zero-order valence-electron chi connectivity index (χ0n) is 17.3. The molecule has 0 fully saturated rings. The number of benzene rings is 2. The van der Waals surface area contributed by atoms with Gasteiger partial charge in [0.2, 0.25) is 15.8 Å². The first-order chi connectivity index (χ1) is 15.8. The third kappa shape index (κ3) is 5.01. The van der Waals surface area contributed by atoms with Crippen LogP contribution in [0.2, 0.25) is 0 Å². The topological polar surface area (TPSA) is 170 Å². The van der Waals surface area contributed by atoms with Gasteiger partial charge in [0.05, 0.1) is 17.0 Å². The van der Waals surface area contributed by atoms with Crippen molar-refractivity contribution in [2.75, 3.05) is 18.4 Å². The molecule has 10 nitrogen and oxygen atoms in total. The lowest BCUT2D eigenvalue weighted by atomic mass is 10.2. The number of hydrogen-bond acceptors (Lipinski definition) is 7. The Morgan fingerprint density at radius 1 is 1.00 bits per heavy atom. The number of rotatable bonds is 9. The standard InChI is InChI=1S/C22H19N5O5S/c23-11-3-13-27(14-4-12-24)33(30,31)16-9-7-15(8-10-16)22(29)26-19-17-5-1-2-6-18(17)32-20(19)21(25)28/h1-2,5-10H,3-4,13-14H2,(H2,25,28)(H,26,29). The van der Waals surface area contributed by atoms with Gasteiger partial charge in [0.25, 0.3) is 11.8 Å². The maximum absolute atomic E-state index is 12.9. The van der Waals surface area contributed by atoms with Gasteiger partial charge < -0.3 is 15.5 Å². The van der Waals surface area contributed by atoms with E-state index in [2.05, 4.69) is 5.32 Å². The lowest BCUT2D eigenvalue weighted by Gasteiger charge is -2.20. The number of sulfonamides is 1. The number of nitriles is 2. The highest BCUT2D eigenvalue weighted by atomic mass is 32.2. The highest BCUT2D eigenvalue weighted by molar-refractivity contribution is 7.89. The second-order valence-electron chi connectivity index (χ2n) is 6.87. The molecule has 33 heavy (non-hydrogen) atoms. The van der Waals surface area contributed by atoms with Gasteiger partial charge in [-0.25, -0.2) is 8.42 Å². The van der Waals surface area contributed by atoms with Crippen LogP contribution in [0.4, 0.5) is 5.69 Å². The number of nitrogens with zero attached hydrogens (tertiary/aromatic N) is 3. The van der Waals surface area contributed by atoms with Crippen LogP contribution < -0.4 is 11.1 Å². The van der Waals surface area contributed by atoms with E-state index in [0.29, 0.717) is 11.0 Å². The molecule has 0 unspecified atom stereocenters. The molecular formula is C22H19N5O5S. The number of hydrogen-bond donors (Lipinski definition) is 2. The molecule has 11 heteroatoms. The number of para-hydroxylation sites is 1. The van der Waals surface area contributed by atoms with Crippen LogP contribution >= 0.6 is 0 Å². The van der Waals surface area contributed by atoms with E-state index in [-0.39, 0.29) is 47.8 Å². The number of anilines is 1. The van der Waals surface area contributed by atoms with Gasteiger partial charge in [-0.15, -0.1) is 0 Å². The smallest absolute Gasteiger partial charge is 0.286 e. The Bertz CT molecular complexity index is 1360. The van der Waals surface area contributed by atoms with Gasteiger partial charge in [-0.1, -0.05) is 12.1 Å². The number of amides is 2. The Morgan fingerprint density at radius 3 is 2.18 bits per heavy atom. The number of furan rings is 1. The summed E-state index contributed by atoms with van der Waals surface area (Å²) < 4.78 is 32.3. The van der Waals surface area contributed by atoms with Gasteiger partial charge in [0.15, 0.2) is 0 Å². The van der Waals surface area contributed by atoms with Crippen LogP contribution in [0, 0.1) is 22.7 Å². The summed E-state index contributed by atoms with van der Waals surface area (Å²) in [6.45, 7) is -0.0988. The Balaban J connectivity index is 1.86. The lowest BCUT2D eigenvalue weighted by molar-refractivity contribution is 0.0977. The minimum absolute atomic E-state index is 0.0218. The van der Waals surface area contributed by atoms with Crippen LogP contribution in [-0.4, -0.2) is 37.6 Å². The molecule has 0 spiro atoms. The number of primary amides is 1. The van der Waals surface area contributed by atoms with E-state index in [9.17, 15) is 18.0 Å². The molecule has 0 saturated carbocycles. The third-order valence-corrected chi connectivity index (χ3v) is 6.67. The summed E-state index contributed by atoms with van der Waals surface area (Å²) in [6, 6.07) is 15.6. The monoisotopic (exact) mass is 465 g/mol. The Hall–Kier alpha value is -4.19. The number of nitrogens with two attached hydrogens (primary N) is 1. The Morgan fingerprint density at radius 2 is 1.61 bits per heavy atom. The highest BCUT2D eigenvalue weighted by Crippen LogP contribution is 2.31. The molecule has 3 aromatic rings. The first-order valence-corrected chi connectivity index (χ1v) is 11.2. The minimum Gasteiger partial charge on any atom is -0.449 e. The predicted octanol–water partition coefficient (Wildman–Crippen LogP) is 2.60. The molecule has 0 aliphatic carbocycles. The lowest BCUT2D eigenvalue weighted by Crippen LogP contribution is -2.32. The van der Waals surface area contributed by atoms with Gasteiger partial charge >= 0.3 is 0 Å². The zero-order chi connectivity index (χ0) is 24.0. The highest BCUT2D eigenvalue weighted by Gasteiger charge is 2.25. The van der Waals surface area contributed by atoms with Crippen LogP contribution in [0.5, 0.6) is 0 Å². The van der Waals surface area contributed by atoms with Crippen molar-refractivity contribution in [3.8, 4) is 12.1 Å². The van der Waals surface area contributed by atoms with Gasteiger partial charge in [-0.2, -0.15) is 14.8 Å². The van der Waals surface area contributed by atoms with Crippen molar-refractivity contribution in [1.29, 1.82) is 10.5 Å². The Labute approximate surface area is 189 Å². The number of nitrogens with one attached hydrogen (secondary N) is 1.